The number of halogens is 3. The van der Waals surface area contributed by atoms with Gasteiger partial charge in [0.25, 0.3) is 0 Å². The van der Waals surface area contributed by atoms with Crippen molar-refractivity contribution in [2.24, 2.45) is 5.92 Å². The van der Waals surface area contributed by atoms with Crippen LogP contribution in [0.15, 0.2) is 12.3 Å². The van der Waals surface area contributed by atoms with E-state index < -0.39 is 12.1 Å². The van der Waals surface area contributed by atoms with Crippen LogP contribution in [0, 0.1) is 26.7 Å². The highest BCUT2D eigenvalue weighted by molar-refractivity contribution is 5.75. The van der Waals surface area contributed by atoms with Gasteiger partial charge in [-0.15, -0.1) is 0 Å². The Balaban J connectivity index is 1.50. The first kappa shape index (κ1) is 21.9. The molecule has 4 heterocycles. The lowest BCUT2D eigenvalue weighted by Gasteiger charge is -2.37. The standard InChI is InChI=1S/C22H24F3N7O/c1-11-6-15(9-26-31-11)17-10-32(4-5-33-17)21-29-18(14-7-16(8-14)22(23,24)25)19-20(30-21)28-13(3)12(2)27-19/h6,9,14,16-17H,4-5,7-8,10H2,1-3H3. The molecule has 0 spiro atoms. The third-order valence-electron chi connectivity index (χ3n) is 6.46. The lowest BCUT2D eigenvalue weighted by atomic mass is 9.72. The molecule has 1 aliphatic carbocycles. The number of fused-ring (bicyclic) bond motifs is 1. The highest BCUT2D eigenvalue weighted by Crippen LogP contribution is 2.50. The first-order valence-electron chi connectivity index (χ1n) is 10.9. The van der Waals surface area contributed by atoms with Crippen molar-refractivity contribution in [2.75, 3.05) is 24.6 Å². The summed E-state index contributed by atoms with van der Waals surface area (Å²) in [5, 5.41) is 8.00. The molecule has 0 radical (unpaired) electrons. The number of ether oxygens (including phenoxy) is 1. The van der Waals surface area contributed by atoms with Gasteiger partial charge >= 0.3 is 6.18 Å². The smallest absolute Gasteiger partial charge is 0.370 e. The van der Waals surface area contributed by atoms with E-state index in [-0.39, 0.29) is 24.9 Å². The summed E-state index contributed by atoms with van der Waals surface area (Å²) in [5.74, 6) is -1.18. The van der Waals surface area contributed by atoms with E-state index in [0.717, 1.165) is 22.6 Å². The van der Waals surface area contributed by atoms with E-state index in [2.05, 4.69) is 25.1 Å². The molecule has 1 aliphatic heterocycles. The Morgan fingerprint density at radius 3 is 2.52 bits per heavy atom. The molecule has 1 saturated carbocycles. The summed E-state index contributed by atoms with van der Waals surface area (Å²) in [7, 11) is 0. The van der Waals surface area contributed by atoms with Gasteiger partial charge in [0, 0.05) is 18.0 Å². The molecular formula is C22H24F3N7O. The normalized spacial score (nSPS) is 23.6. The molecule has 2 fully saturated rings. The molecule has 3 aromatic heterocycles. The van der Waals surface area contributed by atoms with Crippen LogP contribution in [0.4, 0.5) is 19.1 Å². The molecule has 1 saturated heterocycles. The molecule has 3 aromatic rings. The number of alkyl halides is 3. The van der Waals surface area contributed by atoms with E-state index in [9.17, 15) is 13.2 Å². The molecule has 5 rings (SSSR count). The van der Waals surface area contributed by atoms with E-state index in [4.69, 9.17) is 9.72 Å². The molecule has 0 bridgehead atoms. The Bertz CT molecular complexity index is 1200. The van der Waals surface area contributed by atoms with E-state index in [1.165, 1.54) is 0 Å². The number of rotatable bonds is 3. The Morgan fingerprint density at radius 2 is 1.79 bits per heavy atom. The predicted octanol–water partition coefficient (Wildman–Crippen LogP) is 3.77. The third kappa shape index (κ3) is 4.21. The van der Waals surface area contributed by atoms with Crippen LogP contribution in [0.3, 0.4) is 0 Å². The summed E-state index contributed by atoms with van der Waals surface area (Å²) >= 11 is 0. The summed E-state index contributed by atoms with van der Waals surface area (Å²) in [6, 6.07) is 1.93. The number of nitrogens with zero attached hydrogens (tertiary/aromatic N) is 7. The van der Waals surface area contributed by atoms with Crippen LogP contribution in [-0.2, 0) is 4.74 Å². The number of aromatic nitrogens is 6. The van der Waals surface area contributed by atoms with Crippen LogP contribution in [0.1, 0.15) is 53.2 Å². The quantitative estimate of drug-likeness (QED) is 0.585. The number of hydrogen-bond acceptors (Lipinski definition) is 8. The van der Waals surface area contributed by atoms with Crippen LogP contribution in [0.2, 0.25) is 0 Å². The Labute approximate surface area is 188 Å². The molecule has 1 atom stereocenters. The zero-order valence-electron chi connectivity index (χ0n) is 18.6. The van der Waals surface area contributed by atoms with Gasteiger partial charge in [0.05, 0.1) is 48.0 Å². The Hall–Kier alpha value is -2.95. The summed E-state index contributed by atoms with van der Waals surface area (Å²) in [4.78, 5) is 20.6. The highest BCUT2D eigenvalue weighted by Gasteiger charge is 2.49. The lowest BCUT2D eigenvalue weighted by molar-refractivity contribution is -0.197. The summed E-state index contributed by atoms with van der Waals surface area (Å²) < 4.78 is 45.3. The fraction of sp³-hybridized carbons (Fsp3) is 0.545. The molecule has 8 nitrogen and oxygen atoms in total. The van der Waals surface area contributed by atoms with Crippen LogP contribution in [0.25, 0.3) is 11.2 Å². The Morgan fingerprint density at radius 1 is 1.03 bits per heavy atom. The van der Waals surface area contributed by atoms with Gasteiger partial charge in [0.1, 0.15) is 11.6 Å². The van der Waals surface area contributed by atoms with Crippen LogP contribution in [0.5, 0.6) is 0 Å². The molecule has 11 heteroatoms. The summed E-state index contributed by atoms with van der Waals surface area (Å²) in [6.45, 7) is 7.05. The average molecular weight is 459 g/mol. The second kappa shape index (κ2) is 8.12. The summed E-state index contributed by atoms with van der Waals surface area (Å²) in [6.07, 6.45) is -2.72. The number of aryl methyl sites for hydroxylation is 3. The maximum absolute atomic E-state index is 13.1. The number of morpholine rings is 1. The van der Waals surface area contributed by atoms with Crippen molar-refractivity contribution in [1.29, 1.82) is 0 Å². The van der Waals surface area contributed by atoms with Gasteiger partial charge in [-0.25, -0.2) is 15.0 Å². The van der Waals surface area contributed by atoms with Gasteiger partial charge in [-0.3, -0.25) is 0 Å². The van der Waals surface area contributed by atoms with E-state index >= 15 is 0 Å². The van der Waals surface area contributed by atoms with Crippen molar-refractivity contribution >= 4 is 17.1 Å². The van der Waals surface area contributed by atoms with Gasteiger partial charge in [-0.1, -0.05) is 0 Å². The van der Waals surface area contributed by atoms with Gasteiger partial charge in [-0.05, 0) is 39.7 Å². The van der Waals surface area contributed by atoms with E-state index in [1.54, 1.807) is 6.20 Å². The van der Waals surface area contributed by atoms with Crippen LogP contribution < -0.4 is 4.90 Å². The SMILES string of the molecule is Cc1cc(C2CN(c3nc(C4CC(C(F)(F)F)C4)c4nc(C)c(C)nc4n3)CCO2)cnn1. The Kier molecular flexibility index (Phi) is 5.38. The minimum Gasteiger partial charge on any atom is -0.370 e. The first-order valence-corrected chi connectivity index (χ1v) is 10.9. The fourth-order valence-corrected chi connectivity index (χ4v) is 4.36. The minimum absolute atomic E-state index is 0.0113. The average Bonchev–Trinajstić information content (AvgIpc) is 2.73. The zero-order valence-corrected chi connectivity index (χ0v) is 18.6. The summed E-state index contributed by atoms with van der Waals surface area (Å²) in [5.41, 5.74) is 4.62. The van der Waals surface area contributed by atoms with Crippen LogP contribution in [-0.4, -0.2) is 56.0 Å². The number of anilines is 1. The minimum atomic E-state index is -4.19. The second-order valence-corrected chi connectivity index (χ2v) is 8.82. The maximum atomic E-state index is 13.1. The molecule has 0 aromatic carbocycles. The van der Waals surface area contributed by atoms with Crippen molar-refractivity contribution in [3.8, 4) is 0 Å². The molecular weight excluding hydrogens is 435 g/mol. The monoisotopic (exact) mass is 459 g/mol. The number of hydrogen-bond donors (Lipinski definition) is 0. The first-order chi connectivity index (χ1) is 15.7. The maximum Gasteiger partial charge on any atom is 0.391 e. The van der Waals surface area contributed by atoms with Crippen LogP contribution >= 0.6 is 0 Å². The fourth-order valence-electron chi connectivity index (χ4n) is 4.36. The van der Waals surface area contributed by atoms with Crippen molar-refractivity contribution in [3.63, 3.8) is 0 Å². The topological polar surface area (TPSA) is 89.8 Å². The van der Waals surface area contributed by atoms with E-state index in [1.807, 2.05) is 31.7 Å². The van der Waals surface area contributed by atoms with Gasteiger partial charge in [-0.2, -0.15) is 28.4 Å². The van der Waals surface area contributed by atoms with Gasteiger partial charge in [0.2, 0.25) is 5.95 Å². The second-order valence-electron chi connectivity index (χ2n) is 8.82. The van der Waals surface area contributed by atoms with Crippen molar-refractivity contribution in [2.45, 2.75) is 51.8 Å². The highest BCUT2D eigenvalue weighted by atomic mass is 19.4. The molecule has 1 unspecified atom stereocenters. The molecule has 0 amide bonds. The van der Waals surface area contributed by atoms with Gasteiger partial charge < -0.3 is 9.64 Å². The van der Waals surface area contributed by atoms with Crippen molar-refractivity contribution < 1.29 is 17.9 Å². The predicted molar refractivity (Wildman–Crippen MR) is 114 cm³/mol. The lowest BCUT2D eigenvalue weighted by Crippen LogP contribution is -2.40. The molecule has 2 aliphatic rings. The molecule has 33 heavy (non-hydrogen) atoms. The molecule has 174 valence electrons. The zero-order chi connectivity index (χ0) is 23.3. The van der Waals surface area contributed by atoms with Crippen molar-refractivity contribution in [1.82, 2.24) is 30.1 Å². The largest absolute Gasteiger partial charge is 0.391 e. The molecule has 0 N–H and O–H groups in total. The van der Waals surface area contributed by atoms with Gasteiger partial charge in [0.15, 0.2) is 5.65 Å². The van der Waals surface area contributed by atoms with E-state index in [0.29, 0.717) is 42.5 Å². The van der Waals surface area contributed by atoms with Crippen molar-refractivity contribution in [3.05, 3.63) is 40.6 Å². The third-order valence-corrected chi connectivity index (χ3v) is 6.46.